The molecule has 0 spiro atoms. The molecule has 6 heteroatoms. The first kappa shape index (κ1) is 9.45. The molecule has 78 valence electrons. The van der Waals surface area contributed by atoms with Crippen LogP contribution in [0.15, 0.2) is 23.0 Å². The normalized spacial score (nSPS) is 10.2. The highest BCUT2D eigenvalue weighted by Crippen LogP contribution is 2.01. The molecule has 0 aliphatic carbocycles. The number of nitrogens with zero attached hydrogens (tertiary/aromatic N) is 2. The van der Waals surface area contributed by atoms with Crippen LogP contribution in [0.1, 0.15) is 21.8 Å². The van der Waals surface area contributed by atoms with Crippen LogP contribution in [0.2, 0.25) is 0 Å². The molecule has 15 heavy (non-hydrogen) atoms. The molecule has 2 aromatic heterocycles. The number of hydrogen-bond donors (Lipinski definition) is 2. The number of aryl methyl sites for hydroxylation is 1. The average molecular weight is 206 g/mol. The van der Waals surface area contributed by atoms with Gasteiger partial charge in [0.25, 0.3) is 5.91 Å². The molecule has 0 fully saturated rings. The second-order valence-electron chi connectivity index (χ2n) is 3.10. The van der Waals surface area contributed by atoms with E-state index in [9.17, 15) is 4.79 Å². The fourth-order valence-corrected chi connectivity index (χ4v) is 1.15. The summed E-state index contributed by atoms with van der Waals surface area (Å²) in [4.78, 5) is 11.5. The second kappa shape index (κ2) is 3.95. The topological polar surface area (TPSA) is 83.8 Å². The average Bonchev–Trinajstić information content (AvgIpc) is 2.84. The summed E-state index contributed by atoms with van der Waals surface area (Å²) in [5.74, 6) is 0.534. The number of aromatic amines is 1. The number of carbonyl (C=O) groups is 1. The molecule has 0 aliphatic rings. The lowest BCUT2D eigenvalue weighted by Crippen LogP contribution is -2.22. The van der Waals surface area contributed by atoms with E-state index in [0.717, 1.165) is 5.76 Å². The standard InChI is InChI=1S/C9H10N4O2/c1-6-2-8(13-15-6)5-10-9(14)7-3-11-12-4-7/h2-4H,5H2,1H3,(H,10,14)(H,11,12). The first-order valence-corrected chi connectivity index (χ1v) is 4.45. The molecule has 0 aliphatic heterocycles. The maximum atomic E-state index is 11.5. The number of rotatable bonds is 3. The summed E-state index contributed by atoms with van der Waals surface area (Å²) in [6.45, 7) is 2.15. The quantitative estimate of drug-likeness (QED) is 0.771. The van der Waals surface area contributed by atoms with Crippen LogP contribution in [0.4, 0.5) is 0 Å². The van der Waals surface area contributed by atoms with Crippen LogP contribution in [0.25, 0.3) is 0 Å². The fraction of sp³-hybridized carbons (Fsp3) is 0.222. The van der Waals surface area contributed by atoms with Crippen LogP contribution in [0.3, 0.4) is 0 Å². The molecule has 2 heterocycles. The van der Waals surface area contributed by atoms with E-state index in [2.05, 4.69) is 20.7 Å². The van der Waals surface area contributed by atoms with Crippen molar-refractivity contribution in [3.63, 3.8) is 0 Å². The van der Waals surface area contributed by atoms with E-state index in [4.69, 9.17) is 4.52 Å². The highest BCUT2D eigenvalue weighted by atomic mass is 16.5. The molecule has 2 rings (SSSR count). The Labute approximate surface area is 85.7 Å². The Morgan fingerprint density at radius 1 is 1.67 bits per heavy atom. The molecule has 0 saturated carbocycles. The summed E-state index contributed by atoms with van der Waals surface area (Å²) < 4.78 is 4.87. The molecule has 0 bridgehead atoms. The monoisotopic (exact) mass is 206 g/mol. The lowest BCUT2D eigenvalue weighted by molar-refractivity contribution is 0.0950. The lowest BCUT2D eigenvalue weighted by atomic mass is 10.3. The highest BCUT2D eigenvalue weighted by Gasteiger charge is 2.07. The Morgan fingerprint density at radius 2 is 2.53 bits per heavy atom. The van der Waals surface area contributed by atoms with E-state index in [1.807, 2.05) is 0 Å². The molecular weight excluding hydrogens is 196 g/mol. The van der Waals surface area contributed by atoms with Gasteiger partial charge in [-0.05, 0) is 6.92 Å². The van der Waals surface area contributed by atoms with E-state index in [1.165, 1.54) is 12.4 Å². The predicted molar refractivity (Wildman–Crippen MR) is 51.0 cm³/mol. The minimum absolute atomic E-state index is 0.190. The van der Waals surface area contributed by atoms with Gasteiger partial charge in [0.1, 0.15) is 11.5 Å². The Hall–Kier alpha value is -2.11. The molecule has 2 N–H and O–H groups in total. The van der Waals surface area contributed by atoms with Gasteiger partial charge in [-0.1, -0.05) is 5.16 Å². The van der Waals surface area contributed by atoms with Crippen LogP contribution in [-0.4, -0.2) is 21.3 Å². The third-order valence-corrected chi connectivity index (χ3v) is 1.87. The van der Waals surface area contributed by atoms with E-state index in [0.29, 0.717) is 17.8 Å². The summed E-state index contributed by atoms with van der Waals surface area (Å²) in [7, 11) is 0. The number of carbonyl (C=O) groups excluding carboxylic acids is 1. The number of nitrogens with one attached hydrogen (secondary N) is 2. The fourth-order valence-electron chi connectivity index (χ4n) is 1.15. The molecular formula is C9H10N4O2. The van der Waals surface area contributed by atoms with E-state index in [-0.39, 0.29) is 5.91 Å². The van der Waals surface area contributed by atoms with Crippen molar-refractivity contribution in [1.82, 2.24) is 20.7 Å². The van der Waals surface area contributed by atoms with Crippen LogP contribution in [0, 0.1) is 6.92 Å². The van der Waals surface area contributed by atoms with Crippen molar-refractivity contribution < 1.29 is 9.32 Å². The van der Waals surface area contributed by atoms with Crippen LogP contribution in [0.5, 0.6) is 0 Å². The van der Waals surface area contributed by atoms with Crippen molar-refractivity contribution in [2.75, 3.05) is 0 Å². The molecule has 0 atom stereocenters. The van der Waals surface area contributed by atoms with Gasteiger partial charge in [-0.15, -0.1) is 0 Å². The zero-order valence-electron chi connectivity index (χ0n) is 8.15. The molecule has 0 aromatic carbocycles. The van der Waals surface area contributed by atoms with Gasteiger partial charge >= 0.3 is 0 Å². The number of aromatic nitrogens is 3. The third-order valence-electron chi connectivity index (χ3n) is 1.87. The van der Waals surface area contributed by atoms with Gasteiger partial charge in [-0.3, -0.25) is 9.89 Å². The lowest BCUT2D eigenvalue weighted by Gasteiger charge is -1.98. The summed E-state index contributed by atoms with van der Waals surface area (Å²) in [5.41, 5.74) is 1.19. The maximum Gasteiger partial charge on any atom is 0.254 e. The SMILES string of the molecule is Cc1cc(CNC(=O)c2cn[nH]c2)no1. The first-order valence-electron chi connectivity index (χ1n) is 4.45. The van der Waals surface area contributed by atoms with Gasteiger partial charge in [0.05, 0.1) is 18.3 Å². The van der Waals surface area contributed by atoms with Crippen LogP contribution in [-0.2, 0) is 6.54 Å². The Kier molecular flexibility index (Phi) is 2.49. The summed E-state index contributed by atoms with van der Waals surface area (Å²) in [6, 6.07) is 1.77. The molecule has 0 saturated heterocycles. The Balaban J connectivity index is 1.91. The van der Waals surface area contributed by atoms with Crippen molar-refractivity contribution in [2.24, 2.45) is 0 Å². The van der Waals surface area contributed by atoms with Crippen LogP contribution < -0.4 is 5.32 Å². The van der Waals surface area contributed by atoms with Crippen molar-refractivity contribution >= 4 is 5.91 Å². The van der Waals surface area contributed by atoms with Gasteiger partial charge in [0.2, 0.25) is 0 Å². The second-order valence-corrected chi connectivity index (χ2v) is 3.10. The van der Waals surface area contributed by atoms with Crippen LogP contribution >= 0.6 is 0 Å². The zero-order valence-corrected chi connectivity index (χ0v) is 8.15. The molecule has 1 amide bonds. The van der Waals surface area contributed by atoms with Gasteiger partial charge < -0.3 is 9.84 Å². The molecule has 0 unspecified atom stereocenters. The van der Waals surface area contributed by atoms with Gasteiger partial charge in [-0.25, -0.2) is 0 Å². The van der Waals surface area contributed by atoms with Gasteiger partial charge in [0, 0.05) is 12.3 Å². The first-order chi connectivity index (χ1) is 7.25. The smallest absolute Gasteiger partial charge is 0.254 e. The number of hydrogen-bond acceptors (Lipinski definition) is 4. The Bertz CT molecular complexity index is 446. The molecule has 0 radical (unpaired) electrons. The van der Waals surface area contributed by atoms with Crippen molar-refractivity contribution in [1.29, 1.82) is 0 Å². The minimum Gasteiger partial charge on any atom is -0.361 e. The highest BCUT2D eigenvalue weighted by molar-refractivity contribution is 5.93. The van der Waals surface area contributed by atoms with E-state index < -0.39 is 0 Å². The molecule has 2 aromatic rings. The summed E-state index contributed by atoms with van der Waals surface area (Å²) in [5, 5.41) is 12.7. The largest absolute Gasteiger partial charge is 0.361 e. The zero-order chi connectivity index (χ0) is 10.7. The van der Waals surface area contributed by atoms with Crippen molar-refractivity contribution in [2.45, 2.75) is 13.5 Å². The summed E-state index contributed by atoms with van der Waals surface area (Å²) >= 11 is 0. The number of amides is 1. The van der Waals surface area contributed by atoms with E-state index >= 15 is 0 Å². The van der Waals surface area contributed by atoms with Gasteiger partial charge in [-0.2, -0.15) is 5.10 Å². The third kappa shape index (κ3) is 2.22. The summed E-state index contributed by atoms with van der Waals surface area (Å²) in [6.07, 6.45) is 2.99. The number of H-pyrrole nitrogens is 1. The minimum atomic E-state index is -0.190. The Morgan fingerprint density at radius 3 is 3.13 bits per heavy atom. The van der Waals surface area contributed by atoms with Crippen molar-refractivity contribution in [3.05, 3.63) is 35.5 Å². The molecule has 6 nitrogen and oxygen atoms in total. The maximum absolute atomic E-state index is 11.5. The van der Waals surface area contributed by atoms with Gasteiger partial charge in [0.15, 0.2) is 0 Å². The predicted octanol–water partition coefficient (Wildman–Crippen LogP) is 0.636. The van der Waals surface area contributed by atoms with Crippen molar-refractivity contribution in [3.8, 4) is 0 Å². The van der Waals surface area contributed by atoms with E-state index in [1.54, 1.807) is 13.0 Å².